The van der Waals surface area contributed by atoms with Crippen molar-refractivity contribution in [2.75, 3.05) is 23.5 Å². The van der Waals surface area contributed by atoms with E-state index in [9.17, 15) is 18.4 Å². The number of nitrogens with zero attached hydrogens (tertiary/aromatic N) is 2. The summed E-state index contributed by atoms with van der Waals surface area (Å²) in [5, 5.41) is 0. The van der Waals surface area contributed by atoms with Crippen LogP contribution in [0.5, 0.6) is 5.75 Å². The summed E-state index contributed by atoms with van der Waals surface area (Å²) in [7, 11) is 1.53. The average molecular weight is 432 g/mol. The number of methoxy groups -OCH3 is 1. The van der Waals surface area contributed by atoms with Gasteiger partial charge in [-0.15, -0.1) is 0 Å². The van der Waals surface area contributed by atoms with Crippen LogP contribution < -0.4 is 14.5 Å². The molecule has 160 valence electrons. The van der Waals surface area contributed by atoms with Crippen LogP contribution in [-0.4, -0.2) is 25.5 Å². The van der Waals surface area contributed by atoms with Crippen molar-refractivity contribution in [1.82, 2.24) is 0 Å². The van der Waals surface area contributed by atoms with Gasteiger partial charge in [0.1, 0.15) is 23.1 Å². The lowest BCUT2D eigenvalue weighted by Gasteiger charge is -2.22. The highest BCUT2D eigenvalue weighted by molar-refractivity contribution is 6.46. The molecular weight excluding hydrogens is 414 g/mol. The molecule has 2 amide bonds. The van der Waals surface area contributed by atoms with E-state index in [1.807, 2.05) is 24.3 Å². The van der Waals surface area contributed by atoms with Crippen LogP contribution >= 0.6 is 0 Å². The molecule has 5 rings (SSSR count). The number of para-hydroxylation sites is 1. The van der Waals surface area contributed by atoms with Gasteiger partial charge < -0.3 is 9.64 Å². The van der Waals surface area contributed by atoms with Crippen molar-refractivity contribution >= 4 is 28.8 Å². The predicted octanol–water partition coefficient (Wildman–Crippen LogP) is 4.32. The quantitative estimate of drug-likeness (QED) is 0.577. The number of ether oxygens (including phenoxy) is 1. The van der Waals surface area contributed by atoms with Crippen molar-refractivity contribution in [2.45, 2.75) is 6.42 Å². The lowest BCUT2D eigenvalue weighted by atomic mass is 10.0. The third-order valence-corrected chi connectivity index (χ3v) is 5.75. The molecule has 7 heteroatoms. The van der Waals surface area contributed by atoms with Gasteiger partial charge in [0.05, 0.1) is 18.4 Å². The Kier molecular flexibility index (Phi) is 4.74. The number of fused-ring (bicyclic) bond motifs is 1. The van der Waals surface area contributed by atoms with E-state index in [1.54, 1.807) is 29.2 Å². The molecule has 0 N–H and O–H groups in total. The van der Waals surface area contributed by atoms with Crippen LogP contribution in [0.25, 0.3) is 5.57 Å². The van der Waals surface area contributed by atoms with Gasteiger partial charge in [-0.05, 0) is 47.9 Å². The predicted molar refractivity (Wildman–Crippen MR) is 116 cm³/mol. The summed E-state index contributed by atoms with van der Waals surface area (Å²) >= 11 is 0. The summed E-state index contributed by atoms with van der Waals surface area (Å²) in [5.41, 5.74) is 2.45. The van der Waals surface area contributed by atoms with E-state index < -0.39 is 23.4 Å². The van der Waals surface area contributed by atoms with Crippen molar-refractivity contribution in [1.29, 1.82) is 0 Å². The summed E-state index contributed by atoms with van der Waals surface area (Å²) in [4.78, 5) is 29.7. The lowest BCUT2D eigenvalue weighted by molar-refractivity contribution is -0.120. The second-order valence-electron chi connectivity index (χ2n) is 7.52. The Morgan fingerprint density at radius 1 is 0.875 bits per heavy atom. The molecule has 32 heavy (non-hydrogen) atoms. The zero-order valence-corrected chi connectivity index (χ0v) is 17.1. The summed E-state index contributed by atoms with van der Waals surface area (Å²) < 4.78 is 33.3. The first-order valence-corrected chi connectivity index (χ1v) is 10.1. The first kappa shape index (κ1) is 19.9. The molecule has 0 radical (unpaired) electrons. The van der Waals surface area contributed by atoms with Crippen LogP contribution in [0, 0.1) is 11.6 Å². The van der Waals surface area contributed by atoms with Crippen LogP contribution in [0.3, 0.4) is 0 Å². The minimum atomic E-state index is -0.983. The Balaban J connectivity index is 1.68. The van der Waals surface area contributed by atoms with Gasteiger partial charge in [-0.1, -0.05) is 30.3 Å². The number of amides is 2. The molecule has 0 bridgehead atoms. The molecule has 5 nitrogen and oxygen atoms in total. The first-order chi connectivity index (χ1) is 15.5. The number of carbonyl (C=O) groups excluding carboxylic acids is 2. The zero-order valence-electron chi connectivity index (χ0n) is 17.1. The van der Waals surface area contributed by atoms with Crippen molar-refractivity contribution in [3.05, 3.63) is 95.2 Å². The molecule has 3 aromatic rings. The average Bonchev–Trinajstić information content (AvgIpc) is 3.32. The van der Waals surface area contributed by atoms with E-state index in [1.165, 1.54) is 7.11 Å². The number of rotatable bonds is 4. The van der Waals surface area contributed by atoms with Crippen LogP contribution in [0.15, 0.2) is 72.4 Å². The van der Waals surface area contributed by atoms with Gasteiger partial charge in [0.15, 0.2) is 0 Å². The second kappa shape index (κ2) is 7.60. The van der Waals surface area contributed by atoms with Crippen molar-refractivity contribution in [3.63, 3.8) is 0 Å². The van der Waals surface area contributed by atoms with E-state index in [0.717, 1.165) is 28.3 Å². The highest BCUT2D eigenvalue weighted by atomic mass is 19.1. The van der Waals surface area contributed by atoms with E-state index in [0.29, 0.717) is 30.3 Å². The van der Waals surface area contributed by atoms with E-state index in [-0.39, 0.29) is 17.0 Å². The van der Waals surface area contributed by atoms with Crippen LogP contribution in [0.2, 0.25) is 0 Å². The molecular formula is C25H18F2N2O3. The maximum atomic E-state index is 14.6. The molecule has 0 atom stereocenters. The third-order valence-electron chi connectivity index (χ3n) is 5.75. The molecule has 0 saturated heterocycles. The van der Waals surface area contributed by atoms with Crippen LogP contribution in [-0.2, 0) is 16.0 Å². The number of hydrogen-bond donors (Lipinski definition) is 0. The summed E-state index contributed by atoms with van der Waals surface area (Å²) in [6.45, 7) is 0.507. The molecule has 0 spiro atoms. The Bertz CT molecular complexity index is 1280. The number of halogens is 2. The summed E-state index contributed by atoms with van der Waals surface area (Å²) in [6.07, 6.45) is 0.710. The minimum absolute atomic E-state index is 0.165. The summed E-state index contributed by atoms with van der Waals surface area (Å²) in [6, 6.07) is 17.2. The van der Waals surface area contributed by atoms with E-state index in [2.05, 4.69) is 0 Å². The van der Waals surface area contributed by atoms with E-state index in [4.69, 9.17) is 4.74 Å². The topological polar surface area (TPSA) is 49.9 Å². The van der Waals surface area contributed by atoms with E-state index >= 15 is 0 Å². The van der Waals surface area contributed by atoms with Crippen molar-refractivity contribution in [3.8, 4) is 5.75 Å². The Labute approximate surface area is 183 Å². The van der Waals surface area contributed by atoms with Gasteiger partial charge in [-0.2, -0.15) is 0 Å². The zero-order chi connectivity index (χ0) is 22.4. The molecule has 2 heterocycles. The highest BCUT2D eigenvalue weighted by Gasteiger charge is 2.44. The number of anilines is 2. The summed E-state index contributed by atoms with van der Waals surface area (Å²) in [5.74, 6) is -2.49. The Morgan fingerprint density at radius 2 is 1.62 bits per heavy atom. The molecule has 3 aromatic carbocycles. The van der Waals surface area contributed by atoms with Crippen molar-refractivity contribution in [2.24, 2.45) is 0 Å². The normalized spacial score (nSPS) is 15.6. The minimum Gasteiger partial charge on any atom is -0.497 e. The van der Waals surface area contributed by atoms with Gasteiger partial charge in [-0.3, -0.25) is 9.59 Å². The maximum Gasteiger partial charge on any atom is 0.282 e. The fourth-order valence-electron chi connectivity index (χ4n) is 4.24. The fraction of sp³-hybridized carbons (Fsp3) is 0.120. The molecule has 0 aromatic heterocycles. The van der Waals surface area contributed by atoms with Gasteiger partial charge in [-0.25, -0.2) is 13.7 Å². The lowest BCUT2D eigenvalue weighted by Crippen LogP contribution is -2.35. The first-order valence-electron chi connectivity index (χ1n) is 10.1. The largest absolute Gasteiger partial charge is 0.497 e. The number of benzene rings is 3. The van der Waals surface area contributed by atoms with Crippen LogP contribution in [0.4, 0.5) is 20.2 Å². The number of imide groups is 1. The molecule has 0 saturated carbocycles. The molecule has 0 aliphatic carbocycles. The van der Waals surface area contributed by atoms with Gasteiger partial charge in [0.25, 0.3) is 11.8 Å². The standard InChI is InChI=1S/C25H18F2N2O3/c1-32-18-9-6-16(7-10-18)22-23(28-13-12-15-4-2-3-5-20(15)28)25(31)29(24(22)30)21-11-8-17(26)14-19(21)27/h2-11,14H,12-13H2,1H3. The third kappa shape index (κ3) is 3.05. The molecule has 0 fully saturated rings. The monoisotopic (exact) mass is 432 g/mol. The smallest absolute Gasteiger partial charge is 0.282 e. The Hall–Kier alpha value is -4.00. The van der Waals surface area contributed by atoms with Crippen LogP contribution in [0.1, 0.15) is 11.1 Å². The highest BCUT2D eigenvalue weighted by Crippen LogP contribution is 2.40. The fourth-order valence-corrected chi connectivity index (χ4v) is 4.24. The molecule has 0 unspecified atom stereocenters. The Morgan fingerprint density at radius 3 is 2.34 bits per heavy atom. The molecule has 2 aliphatic heterocycles. The maximum absolute atomic E-state index is 14.6. The van der Waals surface area contributed by atoms with Gasteiger partial charge in [0, 0.05) is 18.3 Å². The van der Waals surface area contributed by atoms with Gasteiger partial charge >= 0.3 is 0 Å². The van der Waals surface area contributed by atoms with Crippen molar-refractivity contribution < 1.29 is 23.1 Å². The number of carbonyl (C=O) groups is 2. The SMILES string of the molecule is COc1ccc(C2=C(N3CCc4ccccc43)C(=O)N(c3ccc(F)cc3F)C2=O)cc1. The number of hydrogen-bond acceptors (Lipinski definition) is 4. The van der Waals surface area contributed by atoms with Gasteiger partial charge in [0.2, 0.25) is 0 Å². The second-order valence-corrected chi connectivity index (χ2v) is 7.52. The molecule has 2 aliphatic rings.